The molecule has 0 saturated carbocycles. The van der Waals surface area contributed by atoms with Gasteiger partial charge in [-0.3, -0.25) is 0 Å². The summed E-state index contributed by atoms with van der Waals surface area (Å²) in [6, 6.07) is 30.4. The summed E-state index contributed by atoms with van der Waals surface area (Å²) in [5.74, 6) is 6.44. The summed E-state index contributed by atoms with van der Waals surface area (Å²) in [5.41, 5.74) is 5.95. The standard InChI is InChI=1S/C43H47N3O7/c1-43(2)51-31-36-28-35(20-21-39(36)53-43)40-29-46(42(48)52-40)22-8-3-4-9-23-49-24-25-50-30-34-15-11-17-38(27-34)45-41(47)44-37-16-10-14-33(26-37)19-18-32-12-6-5-7-13-32/h5-7,10-17,20-21,26-28,40H,3-4,8-9,22-25,29-31H2,1-2H3,(H2,44,45,47). The van der Waals surface area contributed by atoms with E-state index < -0.39 is 5.79 Å². The van der Waals surface area contributed by atoms with E-state index in [0.717, 1.165) is 59.3 Å². The number of hydrogen-bond donors (Lipinski definition) is 2. The number of nitrogens with one attached hydrogen (secondary N) is 2. The van der Waals surface area contributed by atoms with Crippen LogP contribution in [-0.4, -0.2) is 55.7 Å². The molecule has 2 heterocycles. The van der Waals surface area contributed by atoms with Crippen molar-refractivity contribution in [1.29, 1.82) is 0 Å². The molecule has 3 amide bonds. The Hall–Kier alpha value is -5.34. The minimum atomic E-state index is -0.641. The molecule has 10 heteroatoms. The molecule has 4 aromatic rings. The Kier molecular flexibility index (Phi) is 13.0. The summed E-state index contributed by atoms with van der Waals surface area (Å²) in [7, 11) is 0. The first kappa shape index (κ1) is 37.4. The van der Waals surface area contributed by atoms with E-state index >= 15 is 0 Å². The van der Waals surface area contributed by atoms with Crippen molar-refractivity contribution in [3.8, 4) is 17.6 Å². The summed E-state index contributed by atoms with van der Waals surface area (Å²) >= 11 is 0. The van der Waals surface area contributed by atoms with E-state index in [2.05, 4.69) is 22.5 Å². The predicted molar refractivity (Wildman–Crippen MR) is 204 cm³/mol. The Labute approximate surface area is 311 Å². The fourth-order valence-corrected chi connectivity index (χ4v) is 6.07. The summed E-state index contributed by atoms with van der Waals surface area (Å²) in [6.45, 7) is 7.54. The van der Waals surface area contributed by atoms with Crippen molar-refractivity contribution in [3.63, 3.8) is 0 Å². The molecule has 0 aliphatic carbocycles. The van der Waals surface area contributed by atoms with Crippen molar-refractivity contribution < 1.29 is 33.3 Å². The highest BCUT2D eigenvalue weighted by Gasteiger charge is 2.33. The second-order valence-corrected chi connectivity index (χ2v) is 13.5. The zero-order valence-corrected chi connectivity index (χ0v) is 30.4. The highest BCUT2D eigenvalue weighted by atomic mass is 16.7. The molecule has 1 unspecified atom stereocenters. The van der Waals surface area contributed by atoms with Gasteiger partial charge in [-0.15, -0.1) is 0 Å². The van der Waals surface area contributed by atoms with Crippen LogP contribution in [0.4, 0.5) is 21.0 Å². The molecule has 1 atom stereocenters. The third kappa shape index (κ3) is 11.6. The van der Waals surface area contributed by atoms with Crippen molar-refractivity contribution >= 4 is 23.5 Å². The van der Waals surface area contributed by atoms with Gasteiger partial charge in [0.2, 0.25) is 5.79 Å². The molecule has 0 aromatic heterocycles. The smallest absolute Gasteiger partial charge is 0.410 e. The second kappa shape index (κ2) is 18.4. The highest BCUT2D eigenvalue weighted by molar-refractivity contribution is 5.99. The van der Waals surface area contributed by atoms with Crippen LogP contribution in [-0.2, 0) is 32.2 Å². The largest absolute Gasteiger partial charge is 0.463 e. The average molecular weight is 718 g/mol. The Morgan fingerprint density at radius 3 is 2.40 bits per heavy atom. The lowest BCUT2D eigenvalue weighted by molar-refractivity contribution is -0.180. The van der Waals surface area contributed by atoms with Gasteiger partial charge >= 0.3 is 12.1 Å². The van der Waals surface area contributed by atoms with Gasteiger partial charge in [0.05, 0.1) is 33.0 Å². The van der Waals surface area contributed by atoms with Gasteiger partial charge in [-0.25, -0.2) is 9.59 Å². The van der Waals surface area contributed by atoms with E-state index in [1.54, 1.807) is 4.90 Å². The van der Waals surface area contributed by atoms with Gasteiger partial charge in [0, 0.05) is 55.1 Å². The van der Waals surface area contributed by atoms with Crippen molar-refractivity contribution in [2.75, 3.05) is 43.5 Å². The van der Waals surface area contributed by atoms with Crippen LogP contribution in [0.15, 0.2) is 97.1 Å². The van der Waals surface area contributed by atoms with Crippen LogP contribution in [0.1, 0.15) is 73.5 Å². The van der Waals surface area contributed by atoms with Gasteiger partial charge in [0.15, 0.2) is 0 Å². The number of benzene rings is 4. The number of cyclic esters (lactones) is 1. The number of amides is 3. The first-order valence-corrected chi connectivity index (χ1v) is 18.2. The normalized spacial score (nSPS) is 15.8. The third-order valence-corrected chi connectivity index (χ3v) is 8.81. The molecular weight excluding hydrogens is 670 g/mol. The van der Waals surface area contributed by atoms with E-state index in [1.807, 2.05) is 111 Å². The number of fused-ring (bicyclic) bond motifs is 1. The zero-order valence-electron chi connectivity index (χ0n) is 30.4. The van der Waals surface area contributed by atoms with Crippen molar-refractivity contribution in [3.05, 3.63) is 125 Å². The number of hydrogen-bond acceptors (Lipinski definition) is 7. The minimum Gasteiger partial charge on any atom is -0.463 e. The molecule has 1 saturated heterocycles. The Morgan fingerprint density at radius 1 is 0.811 bits per heavy atom. The first-order chi connectivity index (χ1) is 25.8. The topological polar surface area (TPSA) is 108 Å². The van der Waals surface area contributed by atoms with Gasteiger partial charge in [-0.05, 0) is 78.6 Å². The molecule has 1 fully saturated rings. The van der Waals surface area contributed by atoms with Crippen molar-refractivity contribution in [1.82, 2.24) is 4.90 Å². The van der Waals surface area contributed by atoms with E-state index in [9.17, 15) is 9.59 Å². The van der Waals surface area contributed by atoms with Crippen LogP contribution >= 0.6 is 0 Å². The Bertz CT molecular complexity index is 1900. The van der Waals surface area contributed by atoms with Crippen molar-refractivity contribution in [2.45, 2.75) is 64.6 Å². The summed E-state index contributed by atoms with van der Waals surface area (Å²) in [5, 5.41) is 5.76. The fraction of sp³-hybridized carbons (Fsp3) is 0.349. The number of urea groups is 1. The predicted octanol–water partition coefficient (Wildman–Crippen LogP) is 8.66. The Morgan fingerprint density at radius 2 is 1.55 bits per heavy atom. The number of rotatable bonds is 15. The molecule has 2 aliphatic rings. The molecule has 53 heavy (non-hydrogen) atoms. The maximum absolute atomic E-state index is 12.7. The average Bonchev–Trinajstić information content (AvgIpc) is 3.53. The second-order valence-electron chi connectivity index (χ2n) is 13.5. The quantitative estimate of drug-likeness (QED) is 0.0936. The van der Waals surface area contributed by atoms with Gasteiger partial charge in [0.1, 0.15) is 11.9 Å². The summed E-state index contributed by atoms with van der Waals surface area (Å²) < 4.78 is 28.9. The number of carbonyl (C=O) groups is 2. The van der Waals surface area contributed by atoms with Crippen LogP contribution in [0.5, 0.6) is 5.75 Å². The molecule has 0 bridgehead atoms. The van der Waals surface area contributed by atoms with E-state index in [1.165, 1.54) is 0 Å². The molecule has 2 N–H and O–H groups in total. The molecular formula is C43H47N3O7. The molecule has 10 nitrogen and oxygen atoms in total. The van der Waals surface area contributed by atoms with Crippen LogP contribution < -0.4 is 15.4 Å². The number of ether oxygens (including phenoxy) is 5. The highest BCUT2D eigenvalue weighted by Crippen LogP contribution is 2.35. The molecule has 276 valence electrons. The minimum absolute atomic E-state index is 0.263. The monoisotopic (exact) mass is 717 g/mol. The van der Waals surface area contributed by atoms with Crippen LogP contribution in [0.3, 0.4) is 0 Å². The number of nitrogens with zero attached hydrogens (tertiary/aromatic N) is 1. The van der Waals surface area contributed by atoms with Gasteiger partial charge in [0.25, 0.3) is 0 Å². The summed E-state index contributed by atoms with van der Waals surface area (Å²) in [4.78, 5) is 27.0. The molecule has 4 aromatic carbocycles. The number of unbranched alkanes of at least 4 members (excludes halogenated alkanes) is 3. The Balaban J connectivity index is 0.802. The lowest BCUT2D eigenvalue weighted by atomic mass is 10.0. The van der Waals surface area contributed by atoms with Crippen LogP contribution in [0.2, 0.25) is 0 Å². The summed E-state index contributed by atoms with van der Waals surface area (Å²) in [6.07, 6.45) is 3.35. The first-order valence-electron chi connectivity index (χ1n) is 18.2. The maximum Gasteiger partial charge on any atom is 0.410 e. The van der Waals surface area contributed by atoms with Gasteiger partial charge in [-0.2, -0.15) is 0 Å². The molecule has 0 radical (unpaired) electrons. The molecule has 2 aliphatic heterocycles. The lowest BCUT2D eigenvalue weighted by Gasteiger charge is -2.32. The van der Waals surface area contributed by atoms with E-state index in [-0.39, 0.29) is 18.2 Å². The van der Waals surface area contributed by atoms with Crippen molar-refractivity contribution in [2.24, 2.45) is 0 Å². The van der Waals surface area contributed by atoms with E-state index in [0.29, 0.717) is 57.5 Å². The van der Waals surface area contributed by atoms with Crippen LogP contribution in [0.25, 0.3) is 0 Å². The lowest BCUT2D eigenvalue weighted by Crippen LogP contribution is -2.35. The number of carbonyl (C=O) groups excluding carboxylic acids is 2. The van der Waals surface area contributed by atoms with Crippen LogP contribution in [0, 0.1) is 11.8 Å². The third-order valence-electron chi connectivity index (χ3n) is 8.81. The van der Waals surface area contributed by atoms with Gasteiger partial charge < -0.3 is 39.2 Å². The SMILES string of the molecule is CC1(C)OCc2cc(C3CN(CCCCCCOCCOCc4cccc(NC(=O)Nc5cccc(C#Cc6ccccc6)c5)c4)C(=O)O3)ccc2O1. The van der Waals surface area contributed by atoms with E-state index in [4.69, 9.17) is 23.7 Å². The van der Waals surface area contributed by atoms with Gasteiger partial charge in [-0.1, -0.05) is 67.1 Å². The zero-order chi connectivity index (χ0) is 36.9. The fourth-order valence-electron chi connectivity index (χ4n) is 6.07. The maximum atomic E-state index is 12.7. The molecule has 0 spiro atoms. The molecule has 6 rings (SSSR count). The number of anilines is 2.